The van der Waals surface area contributed by atoms with E-state index in [2.05, 4.69) is 4.90 Å². The highest BCUT2D eigenvalue weighted by Crippen LogP contribution is 2.38. The highest BCUT2D eigenvalue weighted by atomic mass is 32.2. The predicted molar refractivity (Wildman–Crippen MR) is 108 cm³/mol. The van der Waals surface area contributed by atoms with E-state index in [1.54, 1.807) is 18.2 Å². The summed E-state index contributed by atoms with van der Waals surface area (Å²) in [6.07, 6.45) is 8.31. The van der Waals surface area contributed by atoms with E-state index in [1.807, 2.05) is 0 Å². The van der Waals surface area contributed by atoms with E-state index >= 15 is 0 Å². The van der Waals surface area contributed by atoms with Crippen LogP contribution in [0.3, 0.4) is 0 Å². The molecule has 0 aliphatic carbocycles. The van der Waals surface area contributed by atoms with Gasteiger partial charge in [-0.05, 0) is 37.3 Å². The van der Waals surface area contributed by atoms with Crippen LogP contribution in [0.15, 0.2) is 35.1 Å². The van der Waals surface area contributed by atoms with Gasteiger partial charge in [0.2, 0.25) is 0 Å². The zero-order chi connectivity index (χ0) is 20.6. The first-order valence-electron chi connectivity index (χ1n) is 9.81. The van der Waals surface area contributed by atoms with E-state index < -0.39 is 15.8 Å². The van der Waals surface area contributed by atoms with Crippen molar-refractivity contribution in [2.24, 2.45) is 0 Å². The molecule has 1 N–H and O–H groups in total. The quantitative estimate of drug-likeness (QED) is 0.733. The lowest BCUT2D eigenvalue weighted by Crippen LogP contribution is -2.43. The Morgan fingerprint density at radius 2 is 1.93 bits per heavy atom. The smallest absolute Gasteiger partial charge is 0.339 e. The van der Waals surface area contributed by atoms with E-state index in [9.17, 15) is 18.3 Å². The molecule has 156 valence electrons. The van der Waals surface area contributed by atoms with E-state index in [0.717, 1.165) is 32.1 Å². The van der Waals surface area contributed by atoms with Gasteiger partial charge in [-0.1, -0.05) is 18.6 Å². The van der Waals surface area contributed by atoms with Crippen LogP contribution in [0.1, 0.15) is 48.0 Å². The van der Waals surface area contributed by atoms with Crippen LogP contribution in [0.2, 0.25) is 0 Å². The van der Waals surface area contributed by atoms with Gasteiger partial charge in [-0.2, -0.15) is 0 Å². The minimum atomic E-state index is -3.52. The Balaban J connectivity index is 1.65. The number of piperidine rings is 1. The summed E-state index contributed by atoms with van der Waals surface area (Å²) in [5.41, 5.74) is 1.35. The van der Waals surface area contributed by atoms with Crippen molar-refractivity contribution in [2.75, 3.05) is 13.0 Å². The topological polar surface area (TPSA) is 97.0 Å². The molecule has 2 aliphatic rings. The fourth-order valence-corrected chi connectivity index (χ4v) is 6.46. The minimum absolute atomic E-state index is 0.0206. The molecule has 1 aromatic carbocycles. The van der Waals surface area contributed by atoms with E-state index in [4.69, 9.17) is 9.15 Å². The fraction of sp³-hybridized carbons (Fsp3) is 0.476. The van der Waals surface area contributed by atoms with Gasteiger partial charge >= 0.3 is 5.97 Å². The Bertz CT molecular complexity index is 982. The van der Waals surface area contributed by atoms with Crippen molar-refractivity contribution in [3.8, 4) is 16.9 Å². The van der Waals surface area contributed by atoms with Crippen molar-refractivity contribution < 1.29 is 27.5 Å². The maximum Gasteiger partial charge on any atom is 0.339 e. The van der Waals surface area contributed by atoms with Crippen molar-refractivity contribution >= 4 is 15.8 Å². The number of hydrogen-bond donors (Lipinski definition) is 1. The normalized spacial score (nSPS) is 22.0. The number of carboxylic acids is 1. The Morgan fingerprint density at radius 1 is 1.21 bits per heavy atom. The fourth-order valence-electron chi connectivity index (χ4n) is 4.78. The number of ether oxygens (including phenoxy) is 1. The number of rotatable bonds is 7. The van der Waals surface area contributed by atoms with Crippen molar-refractivity contribution in [2.45, 2.75) is 49.9 Å². The number of carbonyl (C=O) groups is 1. The van der Waals surface area contributed by atoms with Crippen LogP contribution in [0.25, 0.3) is 11.1 Å². The summed E-state index contributed by atoms with van der Waals surface area (Å²) in [6, 6.07) is 5.62. The summed E-state index contributed by atoms with van der Waals surface area (Å²) < 4.78 is 36.4. The Labute approximate surface area is 170 Å². The molecule has 2 saturated heterocycles. The molecule has 2 bridgehead atoms. The summed E-state index contributed by atoms with van der Waals surface area (Å²) in [6.45, 7) is 0. The van der Waals surface area contributed by atoms with Gasteiger partial charge in [0.05, 0.1) is 25.4 Å². The number of furan rings is 1. The van der Waals surface area contributed by atoms with Crippen LogP contribution in [0.5, 0.6) is 5.75 Å². The standard InChI is InChI=1S/C21H25NO6S/c1-27-20-18(14-9-10-28-11-14)8-5-15(19(20)21(23)24)12-29(25,26)13-22-16-3-2-4-17(22)7-6-16/h5,8-11,16-17H,2-4,6-7,12-13H2,1H3,(H,23,24). The van der Waals surface area contributed by atoms with Crippen LogP contribution >= 0.6 is 0 Å². The zero-order valence-electron chi connectivity index (χ0n) is 16.3. The third-order valence-electron chi connectivity index (χ3n) is 6.06. The first-order valence-corrected chi connectivity index (χ1v) is 11.6. The predicted octanol–water partition coefficient (Wildman–Crippen LogP) is 3.54. The molecule has 0 saturated carbocycles. The van der Waals surface area contributed by atoms with Gasteiger partial charge in [0, 0.05) is 23.2 Å². The number of nitrogens with zero attached hydrogens (tertiary/aromatic N) is 1. The number of benzene rings is 1. The minimum Gasteiger partial charge on any atom is -0.495 e. The first kappa shape index (κ1) is 20.0. The molecule has 0 radical (unpaired) electrons. The van der Waals surface area contributed by atoms with Crippen molar-refractivity contribution in [3.05, 3.63) is 41.9 Å². The van der Waals surface area contributed by atoms with Gasteiger partial charge in [-0.15, -0.1) is 0 Å². The van der Waals surface area contributed by atoms with Crippen LogP contribution in [0.4, 0.5) is 0 Å². The Morgan fingerprint density at radius 3 is 2.52 bits per heavy atom. The summed E-state index contributed by atoms with van der Waals surface area (Å²) in [5, 5.41) is 9.80. The highest BCUT2D eigenvalue weighted by Gasteiger charge is 2.38. The van der Waals surface area contributed by atoms with Crippen LogP contribution in [0, 0.1) is 0 Å². The lowest BCUT2D eigenvalue weighted by molar-refractivity contribution is 0.0692. The Kier molecular flexibility index (Phi) is 5.40. The van der Waals surface area contributed by atoms with Crippen molar-refractivity contribution in [1.29, 1.82) is 0 Å². The van der Waals surface area contributed by atoms with Crippen LogP contribution < -0.4 is 4.74 Å². The SMILES string of the molecule is COc1c(-c2ccoc2)ccc(CS(=O)(=O)CN2C3CCCC2CC3)c1C(=O)O. The molecule has 0 amide bonds. The van der Waals surface area contributed by atoms with E-state index in [0.29, 0.717) is 23.2 Å². The largest absolute Gasteiger partial charge is 0.495 e. The second-order valence-corrected chi connectivity index (χ2v) is 9.88. The molecular formula is C21H25NO6S. The highest BCUT2D eigenvalue weighted by molar-refractivity contribution is 7.90. The monoisotopic (exact) mass is 419 g/mol. The molecule has 1 aromatic heterocycles. The molecule has 2 aromatic rings. The molecule has 8 heteroatoms. The van der Waals surface area contributed by atoms with Crippen LogP contribution in [-0.2, 0) is 15.6 Å². The third kappa shape index (κ3) is 3.91. The van der Waals surface area contributed by atoms with Crippen LogP contribution in [-0.4, -0.2) is 49.5 Å². The van der Waals surface area contributed by atoms with Gasteiger partial charge in [0.15, 0.2) is 9.84 Å². The summed E-state index contributed by atoms with van der Waals surface area (Å²) in [4.78, 5) is 14.1. The Hall–Kier alpha value is -2.32. The maximum atomic E-state index is 13.0. The second kappa shape index (κ2) is 7.84. The number of carboxylic acid groups (broad SMARTS) is 1. The molecule has 2 aliphatic heterocycles. The van der Waals surface area contributed by atoms with Gasteiger partial charge in [-0.3, -0.25) is 4.90 Å². The molecule has 2 fully saturated rings. The summed E-state index contributed by atoms with van der Waals surface area (Å²) in [7, 11) is -2.14. The number of sulfone groups is 1. The van der Waals surface area contributed by atoms with Gasteiger partial charge < -0.3 is 14.3 Å². The number of methoxy groups -OCH3 is 1. The average Bonchev–Trinajstić information content (AvgIpc) is 3.25. The van der Waals surface area contributed by atoms with Gasteiger partial charge in [0.25, 0.3) is 0 Å². The molecule has 7 nitrogen and oxygen atoms in total. The zero-order valence-corrected chi connectivity index (χ0v) is 17.2. The second-order valence-electron chi connectivity index (χ2n) is 7.84. The summed E-state index contributed by atoms with van der Waals surface area (Å²) in [5.74, 6) is -1.42. The molecule has 0 spiro atoms. The van der Waals surface area contributed by atoms with Crippen molar-refractivity contribution in [1.82, 2.24) is 4.90 Å². The lowest BCUT2D eigenvalue weighted by Gasteiger charge is -2.34. The third-order valence-corrected chi connectivity index (χ3v) is 7.50. The lowest BCUT2D eigenvalue weighted by atomic mass is 9.99. The number of hydrogen-bond acceptors (Lipinski definition) is 6. The van der Waals surface area contributed by atoms with Gasteiger partial charge in [0.1, 0.15) is 17.2 Å². The average molecular weight is 419 g/mol. The van der Waals surface area contributed by atoms with Gasteiger partial charge in [-0.25, -0.2) is 13.2 Å². The first-order chi connectivity index (χ1) is 13.9. The summed E-state index contributed by atoms with van der Waals surface area (Å²) >= 11 is 0. The number of fused-ring (bicyclic) bond motifs is 2. The van der Waals surface area contributed by atoms with E-state index in [-0.39, 0.29) is 28.5 Å². The molecule has 2 unspecified atom stereocenters. The molecular weight excluding hydrogens is 394 g/mol. The molecule has 29 heavy (non-hydrogen) atoms. The number of aromatic carboxylic acids is 1. The molecule has 3 heterocycles. The molecule has 4 rings (SSSR count). The van der Waals surface area contributed by atoms with Crippen molar-refractivity contribution in [3.63, 3.8) is 0 Å². The van der Waals surface area contributed by atoms with E-state index in [1.165, 1.54) is 19.6 Å². The molecule has 2 atom stereocenters. The maximum absolute atomic E-state index is 13.0.